The van der Waals surface area contributed by atoms with Crippen molar-refractivity contribution in [1.29, 1.82) is 0 Å². The molecule has 0 saturated heterocycles. The third-order valence-corrected chi connectivity index (χ3v) is 5.78. The van der Waals surface area contributed by atoms with Gasteiger partial charge in [-0.3, -0.25) is 0 Å². The van der Waals surface area contributed by atoms with Gasteiger partial charge in [0.1, 0.15) is 5.75 Å². The summed E-state index contributed by atoms with van der Waals surface area (Å²) in [5.74, 6) is 0.931. The number of hydrogen-bond donors (Lipinski definition) is 2. The maximum Gasteiger partial charge on any atom is 0.120 e. The Morgan fingerprint density at radius 2 is 1.96 bits per heavy atom. The Morgan fingerprint density at radius 3 is 2.81 bits per heavy atom. The molecule has 4 heteroatoms. The van der Waals surface area contributed by atoms with E-state index in [1.807, 2.05) is 13.0 Å². The van der Waals surface area contributed by atoms with Crippen molar-refractivity contribution >= 4 is 32.3 Å². The molecule has 2 heterocycles. The SMILES string of the molecule is CCOc1ccc2[nH]c(-c3csc4ccccc34)c(CCCCN)c2c1. The van der Waals surface area contributed by atoms with Crippen LogP contribution >= 0.6 is 11.3 Å². The molecule has 2 aromatic heterocycles. The molecule has 0 unspecified atom stereocenters. The number of hydrogen-bond acceptors (Lipinski definition) is 3. The molecule has 0 aliphatic carbocycles. The molecular weight excluding hydrogens is 340 g/mol. The summed E-state index contributed by atoms with van der Waals surface area (Å²) in [7, 11) is 0. The lowest BCUT2D eigenvalue weighted by Crippen LogP contribution is -1.99. The number of fused-ring (bicyclic) bond motifs is 2. The van der Waals surface area contributed by atoms with Crippen molar-refractivity contribution in [2.75, 3.05) is 13.2 Å². The maximum absolute atomic E-state index is 5.73. The van der Waals surface area contributed by atoms with Crippen molar-refractivity contribution in [2.24, 2.45) is 5.73 Å². The summed E-state index contributed by atoms with van der Waals surface area (Å²) in [6.45, 7) is 3.44. The Bertz CT molecular complexity index is 1030. The van der Waals surface area contributed by atoms with Crippen LogP contribution in [0, 0.1) is 0 Å². The van der Waals surface area contributed by atoms with Crippen molar-refractivity contribution < 1.29 is 4.74 Å². The first-order valence-corrected chi connectivity index (χ1v) is 10.1. The Morgan fingerprint density at radius 1 is 1.08 bits per heavy atom. The first-order valence-electron chi connectivity index (χ1n) is 9.26. The lowest BCUT2D eigenvalue weighted by molar-refractivity contribution is 0.340. The van der Waals surface area contributed by atoms with E-state index in [0.29, 0.717) is 6.61 Å². The Kier molecular flexibility index (Phi) is 4.96. The minimum absolute atomic E-state index is 0.681. The van der Waals surface area contributed by atoms with Crippen molar-refractivity contribution in [1.82, 2.24) is 4.98 Å². The molecule has 0 atom stereocenters. The molecule has 0 spiro atoms. The standard InChI is InChI=1S/C22H24N2OS/c1-2-25-15-10-11-20-18(13-15)17(8-5-6-12-23)22(24-20)19-14-26-21-9-4-3-7-16(19)21/h3-4,7,9-11,13-14,24H,2,5-6,8,12,23H2,1H3. The van der Waals surface area contributed by atoms with E-state index in [0.717, 1.165) is 31.6 Å². The molecule has 0 saturated carbocycles. The fraction of sp³-hybridized carbons (Fsp3) is 0.273. The largest absolute Gasteiger partial charge is 0.494 e. The van der Waals surface area contributed by atoms with Gasteiger partial charge in [0.25, 0.3) is 0 Å². The van der Waals surface area contributed by atoms with Gasteiger partial charge >= 0.3 is 0 Å². The number of thiophene rings is 1. The van der Waals surface area contributed by atoms with Crippen LogP contribution in [0.1, 0.15) is 25.3 Å². The second-order valence-corrected chi connectivity index (χ2v) is 7.42. The van der Waals surface area contributed by atoms with Crippen LogP contribution in [-0.2, 0) is 6.42 Å². The second-order valence-electron chi connectivity index (χ2n) is 6.51. The van der Waals surface area contributed by atoms with E-state index < -0.39 is 0 Å². The number of unbranched alkanes of at least 4 members (excludes halogenated alkanes) is 1. The maximum atomic E-state index is 5.73. The number of nitrogens with one attached hydrogen (secondary N) is 1. The van der Waals surface area contributed by atoms with Crippen LogP contribution in [0.2, 0.25) is 0 Å². The predicted molar refractivity (Wildman–Crippen MR) is 112 cm³/mol. The zero-order chi connectivity index (χ0) is 17.9. The van der Waals surface area contributed by atoms with Crippen molar-refractivity contribution in [3.63, 3.8) is 0 Å². The van der Waals surface area contributed by atoms with Crippen LogP contribution < -0.4 is 10.5 Å². The summed E-state index contributed by atoms with van der Waals surface area (Å²) < 4.78 is 7.06. The molecule has 0 fully saturated rings. The number of H-pyrrole nitrogens is 1. The van der Waals surface area contributed by atoms with Gasteiger partial charge in [-0.1, -0.05) is 18.2 Å². The monoisotopic (exact) mass is 364 g/mol. The third kappa shape index (κ3) is 3.11. The fourth-order valence-electron chi connectivity index (χ4n) is 3.59. The van der Waals surface area contributed by atoms with Gasteiger partial charge in [-0.05, 0) is 62.6 Å². The van der Waals surface area contributed by atoms with E-state index in [1.165, 1.54) is 37.8 Å². The van der Waals surface area contributed by atoms with E-state index in [2.05, 4.69) is 46.8 Å². The van der Waals surface area contributed by atoms with Crippen LogP contribution in [0.3, 0.4) is 0 Å². The van der Waals surface area contributed by atoms with E-state index in [9.17, 15) is 0 Å². The first kappa shape index (κ1) is 17.1. The molecule has 0 amide bonds. The molecule has 26 heavy (non-hydrogen) atoms. The summed E-state index contributed by atoms with van der Waals surface area (Å²) in [5, 5.41) is 4.85. The van der Waals surface area contributed by atoms with Gasteiger partial charge in [0.2, 0.25) is 0 Å². The molecule has 0 radical (unpaired) electrons. The highest BCUT2D eigenvalue weighted by atomic mass is 32.1. The molecule has 3 nitrogen and oxygen atoms in total. The Hall–Kier alpha value is -2.30. The number of aromatic nitrogens is 1. The molecule has 134 valence electrons. The predicted octanol–water partition coefficient (Wildman–Crippen LogP) is 5.73. The number of nitrogens with two attached hydrogens (primary N) is 1. The van der Waals surface area contributed by atoms with Crippen LogP contribution in [0.15, 0.2) is 47.8 Å². The molecule has 0 bridgehead atoms. The van der Waals surface area contributed by atoms with E-state index >= 15 is 0 Å². The van der Waals surface area contributed by atoms with Gasteiger partial charge in [-0.2, -0.15) is 0 Å². The van der Waals surface area contributed by atoms with Crippen molar-refractivity contribution in [3.8, 4) is 17.0 Å². The number of aryl methyl sites for hydroxylation is 1. The fourth-order valence-corrected chi connectivity index (χ4v) is 4.54. The highest BCUT2D eigenvalue weighted by Crippen LogP contribution is 2.39. The van der Waals surface area contributed by atoms with Crippen LogP contribution in [-0.4, -0.2) is 18.1 Å². The minimum atomic E-state index is 0.681. The van der Waals surface area contributed by atoms with Gasteiger partial charge in [-0.15, -0.1) is 11.3 Å². The molecule has 2 aromatic carbocycles. The minimum Gasteiger partial charge on any atom is -0.494 e. The van der Waals surface area contributed by atoms with Gasteiger partial charge in [0.15, 0.2) is 0 Å². The van der Waals surface area contributed by atoms with Crippen LogP contribution in [0.4, 0.5) is 0 Å². The average molecular weight is 365 g/mol. The topological polar surface area (TPSA) is 51.0 Å². The summed E-state index contributed by atoms with van der Waals surface area (Å²) >= 11 is 1.80. The Labute approximate surface area is 157 Å². The van der Waals surface area contributed by atoms with Gasteiger partial charge < -0.3 is 15.5 Å². The molecule has 4 rings (SSSR count). The van der Waals surface area contributed by atoms with Gasteiger partial charge in [0.05, 0.1) is 12.3 Å². The van der Waals surface area contributed by atoms with Crippen molar-refractivity contribution in [3.05, 3.63) is 53.4 Å². The van der Waals surface area contributed by atoms with E-state index in [4.69, 9.17) is 10.5 Å². The molecule has 0 aliphatic heterocycles. The number of aromatic amines is 1. The van der Waals surface area contributed by atoms with Crippen molar-refractivity contribution in [2.45, 2.75) is 26.2 Å². The summed E-state index contributed by atoms with van der Waals surface area (Å²) in [5.41, 5.74) is 10.8. The average Bonchev–Trinajstić information content (AvgIpc) is 3.23. The summed E-state index contributed by atoms with van der Waals surface area (Å²) in [6, 6.07) is 15.0. The highest BCUT2D eigenvalue weighted by Gasteiger charge is 2.16. The Balaban J connectivity index is 1.88. The smallest absolute Gasteiger partial charge is 0.120 e. The molecule has 0 aliphatic rings. The van der Waals surface area contributed by atoms with Gasteiger partial charge in [0, 0.05) is 31.9 Å². The van der Waals surface area contributed by atoms with Crippen LogP contribution in [0.25, 0.3) is 32.2 Å². The summed E-state index contributed by atoms with van der Waals surface area (Å²) in [4.78, 5) is 3.67. The second kappa shape index (κ2) is 7.52. The number of ether oxygens (including phenoxy) is 1. The van der Waals surface area contributed by atoms with E-state index in [1.54, 1.807) is 11.3 Å². The molecular formula is C22H24N2OS. The quantitative estimate of drug-likeness (QED) is 0.411. The first-order chi connectivity index (χ1) is 12.8. The zero-order valence-corrected chi connectivity index (χ0v) is 15.9. The summed E-state index contributed by atoms with van der Waals surface area (Å²) in [6.07, 6.45) is 3.16. The molecule has 4 aromatic rings. The number of rotatable bonds is 7. The van der Waals surface area contributed by atoms with Crippen LogP contribution in [0.5, 0.6) is 5.75 Å². The third-order valence-electron chi connectivity index (χ3n) is 4.82. The normalized spacial score (nSPS) is 11.5. The molecule has 3 N–H and O–H groups in total. The van der Waals surface area contributed by atoms with E-state index in [-0.39, 0.29) is 0 Å². The zero-order valence-electron chi connectivity index (χ0n) is 15.0. The lowest BCUT2D eigenvalue weighted by Gasteiger charge is -2.06. The highest BCUT2D eigenvalue weighted by molar-refractivity contribution is 7.17. The number of benzene rings is 2. The lowest BCUT2D eigenvalue weighted by atomic mass is 10.00. The van der Waals surface area contributed by atoms with Gasteiger partial charge in [-0.25, -0.2) is 0 Å².